The Bertz CT molecular complexity index is 467. The van der Waals surface area contributed by atoms with Gasteiger partial charge in [-0.2, -0.15) is 5.10 Å². The van der Waals surface area contributed by atoms with Crippen molar-refractivity contribution in [2.45, 2.75) is 32.9 Å². The molecular formula is C12H20N4O3. The van der Waals surface area contributed by atoms with E-state index in [0.717, 1.165) is 5.56 Å². The van der Waals surface area contributed by atoms with Gasteiger partial charge in [0.2, 0.25) is 0 Å². The van der Waals surface area contributed by atoms with Gasteiger partial charge in [0.25, 0.3) is 0 Å². The number of carbonyl (C=O) groups excluding carboxylic acids is 1. The third kappa shape index (κ3) is 3.70. The first-order chi connectivity index (χ1) is 8.75. The highest BCUT2D eigenvalue weighted by Gasteiger charge is 2.35. The summed E-state index contributed by atoms with van der Waals surface area (Å²) in [6, 6.07) is -0.420. The van der Waals surface area contributed by atoms with Gasteiger partial charge in [0.05, 0.1) is 12.7 Å². The summed E-state index contributed by atoms with van der Waals surface area (Å²) in [5, 5.41) is 15.8. The van der Waals surface area contributed by atoms with Crippen LogP contribution in [-0.2, 0) is 11.3 Å². The molecule has 1 aromatic rings. The van der Waals surface area contributed by atoms with Crippen LogP contribution in [0.25, 0.3) is 0 Å². The van der Waals surface area contributed by atoms with E-state index in [-0.39, 0.29) is 0 Å². The van der Waals surface area contributed by atoms with Crippen LogP contribution >= 0.6 is 0 Å². The lowest BCUT2D eigenvalue weighted by Gasteiger charge is -2.31. The van der Waals surface area contributed by atoms with Crippen LogP contribution in [0.5, 0.6) is 0 Å². The van der Waals surface area contributed by atoms with Crippen molar-refractivity contribution in [1.82, 2.24) is 20.0 Å². The molecule has 0 radical (unpaired) electrons. The lowest BCUT2D eigenvalue weighted by molar-refractivity contribution is -0.146. The number of urea groups is 1. The van der Waals surface area contributed by atoms with E-state index in [1.165, 1.54) is 25.8 Å². The molecule has 0 fully saturated rings. The molecular weight excluding hydrogens is 248 g/mol. The van der Waals surface area contributed by atoms with Crippen LogP contribution in [0.15, 0.2) is 12.4 Å². The summed E-state index contributed by atoms with van der Waals surface area (Å²) in [6.07, 6.45) is 3.61. The van der Waals surface area contributed by atoms with Crippen LogP contribution in [0.3, 0.4) is 0 Å². The number of likely N-dealkylation sites (N-methyl/N-ethyl adjacent to an activating group) is 1. The van der Waals surface area contributed by atoms with Gasteiger partial charge in [0, 0.05) is 19.8 Å². The van der Waals surface area contributed by atoms with Gasteiger partial charge in [0.15, 0.2) is 0 Å². The van der Waals surface area contributed by atoms with Crippen LogP contribution in [0.1, 0.15) is 19.4 Å². The fraction of sp³-hybridized carbons (Fsp3) is 0.583. The van der Waals surface area contributed by atoms with Gasteiger partial charge in [-0.05, 0) is 26.3 Å². The molecule has 0 aliphatic carbocycles. The monoisotopic (exact) mass is 268 g/mol. The summed E-state index contributed by atoms with van der Waals surface area (Å²) >= 11 is 0. The quantitative estimate of drug-likeness (QED) is 0.822. The first kappa shape index (κ1) is 15.0. The maximum atomic E-state index is 11.8. The predicted molar refractivity (Wildman–Crippen MR) is 69.8 cm³/mol. The fourth-order valence-electron chi connectivity index (χ4n) is 1.38. The van der Waals surface area contributed by atoms with Crippen molar-refractivity contribution >= 4 is 12.0 Å². The standard InChI is InChI=1S/C12H20N4O3/c1-9-7-14-16(8-9)6-5-13-11(19)15(4)12(2,3)10(17)18/h7-8H,5-6H2,1-4H3,(H,13,19)(H,17,18). The van der Waals surface area contributed by atoms with Gasteiger partial charge >= 0.3 is 12.0 Å². The number of aryl methyl sites for hydroxylation is 1. The molecule has 1 heterocycles. The van der Waals surface area contributed by atoms with Crippen molar-refractivity contribution in [3.05, 3.63) is 18.0 Å². The lowest BCUT2D eigenvalue weighted by Crippen LogP contribution is -2.54. The Labute approximate surface area is 112 Å². The number of hydrogen-bond donors (Lipinski definition) is 2. The van der Waals surface area contributed by atoms with E-state index in [4.69, 9.17) is 5.11 Å². The SMILES string of the molecule is Cc1cnn(CCNC(=O)N(C)C(C)(C)C(=O)O)c1. The van der Waals surface area contributed by atoms with Crippen molar-refractivity contribution in [3.8, 4) is 0 Å². The first-order valence-corrected chi connectivity index (χ1v) is 5.99. The largest absolute Gasteiger partial charge is 0.480 e. The molecule has 1 aromatic heterocycles. The zero-order chi connectivity index (χ0) is 14.6. The Morgan fingerprint density at radius 1 is 1.53 bits per heavy atom. The van der Waals surface area contributed by atoms with Crippen LogP contribution in [0.2, 0.25) is 0 Å². The number of nitrogens with zero attached hydrogens (tertiary/aromatic N) is 3. The van der Waals surface area contributed by atoms with Crippen molar-refractivity contribution in [2.24, 2.45) is 0 Å². The third-order valence-electron chi connectivity index (χ3n) is 3.05. The average Bonchev–Trinajstić information content (AvgIpc) is 2.73. The van der Waals surface area contributed by atoms with Crippen LogP contribution in [0, 0.1) is 6.92 Å². The smallest absolute Gasteiger partial charge is 0.329 e. The summed E-state index contributed by atoms with van der Waals surface area (Å²) in [5.74, 6) is -1.05. The number of carboxylic acids is 1. The predicted octanol–water partition coefficient (Wildman–Crippen LogP) is 0.696. The third-order valence-corrected chi connectivity index (χ3v) is 3.05. The summed E-state index contributed by atoms with van der Waals surface area (Å²) < 4.78 is 1.72. The van der Waals surface area contributed by atoms with Crippen LogP contribution in [0.4, 0.5) is 4.79 Å². The molecule has 0 saturated heterocycles. The minimum Gasteiger partial charge on any atom is -0.480 e. The van der Waals surface area contributed by atoms with Gasteiger partial charge in [0.1, 0.15) is 5.54 Å². The molecule has 7 nitrogen and oxygen atoms in total. The zero-order valence-electron chi connectivity index (χ0n) is 11.7. The van der Waals surface area contributed by atoms with E-state index in [1.54, 1.807) is 10.9 Å². The normalized spacial score (nSPS) is 11.2. The molecule has 1 rings (SSSR count). The van der Waals surface area contributed by atoms with Gasteiger partial charge in [-0.1, -0.05) is 0 Å². The highest BCUT2D eigenvalue weighted by molar-refractivity contribution is 5.85. The van der Waals surface area contributed by atoms with Crippen molar-refractivity contribution < 1.29 is 14.7 Å². The Morgan fingerprint density at radius 3 is 2.63 bits per heavy atom. The molecule has 0 aliphatic rings. The second-order valence-electron chi connectivity index (χ2n) is 4.94. The number of hydrogen-bond acceptors (Lipinski definition) is 3. The van der Waals surface area contributed by atoms with E-state index in [2.05, 4.69) is 10.4 Å². The Balaban J connectivity index is 2.45. The molecule has 7 heteroatoms. The minimum atomic E-state index is -1.24. The van der Waals surface area contributed by atoms with Gasteiger partial charge in [-0.15, -0.1) is 0 Å². The molecule has 2 amide bonds. The fourth-order valence-corrected chi connectivity index (χ4v) is 1.38. The lowest BCUT2D eigenvalue weighted by atomic mass is 10.1. The molecule has 0 aromatic carbocycles. The first-order valence-electron chi connectivity index (χ1n) is 5.99. The highest BCUT2D eigenvalue weighted by atomic mass is 16.4. The summed E-state index contributed by atoms with van der Waals surface area (Å²) in [4.78, 5) is 24.0. The number of carbonyl (C=O) groups is 2. The molecule has 2 N–H and O–H groups in total. The number of aliphatic carboxylic acids is 1. The molecule has 0 aliphatic heterocycles. The molecule has 0 saturated carbocycles. The number of nitrogens with one attached hydrogen (secondary N) is 1. The summed E-state index contributed by atoms with van der Waals surface area (Å²) in [7, 11) is 1.46. The van der Waals surface area contributed by atoms with Gasteiger partial charge < -0.3 is 15.3 Å². The van der Waals surface area contributed by atoms with Crippen LogP contribution in [-0.4, -0.2) is 50.9 Å². The average molecular weight is 268 g/mol. The molecule has 0 spiro atoms. The second kappa shape index (κ2) is 5.73. The number of aromatic nitrogens is 2. The maximum Gasteiger partial charge on any atom is 0.329 e. The summed E-state index contributed by atoms with van der Waals surface area (Å²) in [5.41, 5.74) is -0.192. The summed E-state index contributed by atoms with van der Waals surface area (Å²) in [6.45, 7) is 5.82. The Morgan fingerprint density at radius 2 is 2.16 bits per heavy atom. The van der Waals surface area contributed by atoms with Gasteiger partial charge in [-0.25, -0.2) is 9.59 Å². The van der Waals surface area contributed by atoms with Crippen molar-refractivity contribution in [1.29, 1.82) is 0 Å². The van der Waals surface area contributed by atoms with E-state index in [1.807, 2.05) is 13.1 Å². The van der Waals surface area contributed by atoms with Crippen molar-refractivity contribution in [3.63, 3.8) is 0 Å². The van der Waals surface area contributed by atoms with E-state index < -0.39 is 17.5 Å². The maximum absolute atomic E-state index is 11.8. The Hall–Kier alpha value is -2.05. The van der Waals surface area contributed by atoms with E-state index in [9.17, 15) is 9.59 Å². The number of carboxylic acid groups (broad SMARTS) is 1. The van der Waals surface area contributed by atoms with Crippen LogP contribution < -0.4 is 5.32 Å². The topological polar surface area (TPSA) is 87.5 Å². The zero-order valence-corrected chi connectivity index (χ0v) is 11.7. The van der Waals surface area contributed by atoms with Gasteiger partial charge in [-0.3, -0.25) is 4.68 Å². The van der Waals surface area contributed by atoms with E-state index in [0.29, 0.717) is 13.1 Å². The molecule has 0 bridgehead atoms. The molecule has 106 valence electrons. The van der Waals surface area contributed by atoms with E-state index >= 15 is 0 Å². The highest BCUT2D eigenvalue weighted by Crippen LogP contribution is 2.12. The molecule has 19 heavy (non-hydrogen) atoms. The number of rotatable bonds is 5. The second-order valence-corrected chi connectivity index (χ2v) is 4.94. The van der Waals surface area contributed by atoms with Crippen molar-refractivity contribution in [2.75, 3.05) is 13.6 Å². The molecule has 0 atom stereocenters. The number of amides is 2. The minimum absolute atomic E-state index is 0.389. The molecule has 0 unspecified atom stereocenters. The Kier molecular flexibility index (Phi) is 4.52.